The number of ether oxygens (including phenoxy) is 1. The smallest absolute Gasteiger partial charge is 0.319 e. The topological polar surface area (TPSA) is 83.6 Å². The number of pyridine rings is 1. The summed E-state index contributed by atoms with van der Waals surface area (Å²) in [6, 6.07) is 3.07. The monoisotopic (exact) mass is 370 g/mol. The molecular weight excluding hydrogens is 352 g/mol. The normalized spacial score (nSPS) is 14.1. The van der Waals surface area contributed by atoms with Crippen molar-refractivity contribution in [1.29, 1.82) is 0 Å². The molecule has 120 valence electrons. The van der Waals surface area contributed by atoms with Crippen LogP contribution in [0.4, 0.5) is 10.5 Å². The van der Waals surface area contributed by atoms with E-state index in [1.165, 1.54) is 7.11 Å². The van der Waals surface area contributed by atoms with E-state index in [0.29, 0.717) is 35.7 Å². The first-order valence-electron chi connectivity index (χ1n) is 7.13. The number of anilines is 1. The number of hydrogen-bond donors (Lipinski definition) is 2. The zero-order valence-corrected chi connectivity index (χ0v) is 14.0. The van der Waals surface area contributed by atoms with E-state index < -0.39 is 0 Å². The number of amides is 3. The molecule has 1 aromatic rings. The highest BCUT2D eigenvalue weighted by atomic mass is 79.9. The van der Waals surface area contributed by atoms with Crippen molar-refractivity contribution >= 4 is 33.6 Å². The van der Waals surface area contributed by atoms with Crippen molar-refractivity contribution < 1.29 is 14.3 Å². The predicted molar refractivity (Wildman–Crippen MR) is 85.9 cm³/mol. The second-order valence-electron chi connectivity index (χ2n) is 4.91. The second kappa shape index (κ2) is 7.98. The SMILES string of the molecule is COc1ccc(NC(=O)NCCCN2CCCC2=O)c(Br)n1. The van der Waals surface area contributed by atoms with Gasteiger partial charge in [-0.1, -0.05) is 0 Å². The minimum absolute atomic E-state index is 0.206. The highest BCUT2D eigenvalue weighted by molar-refractivity contribution is 9.10. The summed E-state index contributed by atoms with van der Waals surface area (Å²) in [5.74, 6) is 0.672. The van der Waals surface area contributed by atoms with Crippen molar-refractivity contribution in [2.45, 2.75) is 19.3 Å². The molecule has 22 heavy (non-hydrogen) atoms. The highest BCUT2D eigenvalue weighted by Gasteiger charge is 2.19. The van der Waals surface area contributed by atoms with Crippen LogP contribution in [0, 0.1) is 0 Å². The first kappa shape index (κ1) is 16.5. The summed E-state index contributed by atoms with van der Waals surface area (Å²) in [7, 11) is 1.53. The number of rotatable bonds is 6. The number of carbonyl (C=O) groups excluding carboxylic acids is 2. The average Bonchev–Trinajstić information content (AvgIpc) is 2.91. The summed E-state index contributed by atoms with van der Waals surface area (Å²) in [6.45, 7) is 2.03. The molecule has 1 aliphatic heterocycles. The van der Waals surface area contributed by atoms with Crippen molar-refractivity contribution in [1.82, 2.24) is 15.2 Å². The Balaban J connectivity index is 1.70. The molecule has 0 radical (unpaired) electrons. The van der Waals surface area contributed by atoms with Gasteiger partial charge in [0.05, 0.1) is 12.8 Å². The maximum absolute atomic E-state index is 11.8. The van der Waals surface area contributed by atoms with Gasteiger partial charge in [-0.25, -0.2) is 9.78 Å². The van der Waals surface area contributed by atoms with E-state index in [1.807, 2.05) is 4.90 Å². The fraction of sp³-hybridized carbons (Fsp3) is 0.500. The van der Waals surface area contributed by atoms with Crippen molar-refractivity contribution in [3.63, 3.8) is 0 Å². The number of likely N-dealkylation sites (tertiary alicyclic amines) is 1. The number of nitrogens with zero attached hydrogens (tertiary/aromatic N) is 2. The lowest BCUT2D eigenvalue weighted by molar-refractivity contribution is -0.127. The molecule has 0 spiro atoms. The van der Waals surface area contributed by atoms with Crippen LogP contribution in [0.15, 0.2) is 16.7 Å². The maximum atomic E-state index is 11.8. The summed E-state index contributed by atoms with van der Waals surface area (Å²) < 4.78 is 5.49. The fourth-order valence-electron chi connectivity index (χ4n) is 2.20. The molecule has 0 saturated carbocycles. The molecule has 2 heterocycles. The lowest BCUT2D eigenvalue weighted by Crippen LogP contribution is -2.33. The second-order valence-corrected chi connectivity index (χ2v) is 5.66. The molecule has 0 aromatic carbocycles. The Hall–Kier alpha value is -1.83. The Morgan fingerprint density at radius 2 is 2.32 bits per heavy atom. The molecule has 3 amide bonds. The summed E-state index contributed by atoms with van der Waals surface area (Å²) in [4.78, 5) is 29.2. The number of aromatic nitrogens is 1. The lowest BCUT2D eigenvalue weighted by Gasteiger charge is -2.15. The van der Waals surface area contributed by atoms with Crippen LogP contribution in [0.25, 0.3) is 0 Å². The first-order chi connectivity index (χ1) is 10.6. The van der Waals surface area contributed by atoms with Crippen LogP contribution < -0.4 is 15.4 Å². The molecule has 0 atom stereocenters. The number of methoxy groups -OCH3 is 1. The lowest BCUT2D eigenvalue weighted by atomic mass is 10.4. The molecule has 0 aliphatic carbocycles. The Morgan fingerprint density at radius 3 is 2.95 bits per heavy atom. The minimum atomic E-state index is -0.305. The Morgan fingerprint density at radius 1 is 1.50 bits per heavy atom. The van der Waals surface area contributed by atoms with Crippen molar-refractivity contribution in [2.24, 2.45) is 0 Å². The number of nitrogens with one attached hydrogen (secondary N) is 2. The third-order valence-electron chi connectivity index (χ3n) is 3.34. The summed E-state index contributed by atoms with van der Waals surface area (Å²) in [5.41, 5.74) is 0.563. The van der Waals surface area contributed by atoms with Crippen LogP contribution in [0.2, 0.25) is 0 Å². The molecule has 1 aromatic heterocycles. The molecule has 1 saturated heterocycles. The van der Waals surface area contributed by atoms with Crippen LogP contribution >= 0.6 is 15.9 Å². The van der Waals surface area contributed by atoms with Crippen molar-refractivity contribution in [3.8, 4) is 5.88 Å². The predicted octanol–water partition coefficient (Wildman–Crippen LogP) is 1.99. The van der Waals surface area contributed by atoms with Gasteiger partial charge in [-0.05, 0) is 34.8 Å². The largest absolute Gasteiger partial charge is 0.481 e. The van der Waals surface area contributed by atoms with Crippen LogP contribution in [-0.2, 0) is 4.79 Å². The fourth-order valence-corrected chi connectivity index (χ4v) is 2.61. The Labute approximate surface area is 137 Å². The molecule has 0 bridgehead atoms. The van der Waals surface area contributed by atoms with E-state index >= 15 is 0 Å². The van der Waals surface area contributed by atoms with Crippen LogP contribution in [0.5, 0.6) is 5.88 Å². The van der Waals surface area contributed by atoms with E-state index in [-0.39, 0.29) is 11.9 Å². The third-order valence-corrected chi connectivity index (χ3v) is 3.95. The molecule has 1 aliphatic rings. The standard InChI is InChI=1S/C14H19BrN4O3/c1-22-11-6-5-10(13(15)18-11)17-14(21)16-7-3-9-19-8-2-4-12(19)20/h5-6H,2-4,7-9H2,1H3,(H2,16,17,21). The zero-order valence-electron chi connectivity index (χ0n) is 12.4. The van der Waals surface area contributed by atoms with Gasteiger partial charge in [0.25, 0.3) is 0 Å². The van der Waals surface area contributed by atoms with Gasteiger partial charge in [0.15, 0.2) is 0 Å². The van der Waals surface area contributed by atoms with E-state index in [4.69, 9.17) is 4.74 Å². The summed E-state index contributed by atoms with van der Waals surface area (Å²) in [6.07, 6.45) is 2.32. The molecule has 0 unspecified atom stereocenters. The molecule has 2 N–H and O–H groups in total. The quantitative estimate of drug-likeness (QED) is 0.592. The highest BCUT2D eigenvalue weighted by Crippen LogP contribution is 2.22. The Kier molecular flexibility index (Phi) is 6.00. The van der Waals surface area contributed by atoms with E-state index in [9.17, 15) is 9.59 Å². The number of hydrogen-bond acceptors (Lipinski definition) is 4. The van der Waals surface area contributed by atoms with Gasteiger partial charge in [0.1, 0.15) is 4.60 Å². The number of urea groups is 1. The molecule has 2 rings (SSSR count). The number of carbonyl (C=O) groups is 2. The van der Waals surface area contributed by atoms with Crippen LogP contribution in [0.1, 0.15) is 19.3 Å². The average molecular weight is 371 g/mol. The van der Waals surface area contributed by atoms with Gasteiger partial charge in [0.2, 0.25) is 11.8 Å². The van der Waals surface area contributed by atoms with E-state index in [2.05, 4.69) is 31.5 Å². The molecule has 8 heteroatoms. The van der Waals surface area contributed by atoms with Crippen LogP contribution in [0.3, 0.4) is 0 Å². The Bertz CT molecular complexity index is 553. The maximum Gasteiger partial charge on any atom is 0.319 e. The van der Waals surface area contributed by atoms with Gasteiger partial charge < -0.3 is 20.3 Å². The third kappa shape index (κ3) is 4.59. The van der Waals surface area contributed by atoms with Gasteiger partial charge >= 0.3 is 6.03 Å². The van der Waals surface area contributed by atoms with Gasteiger partial charge in [-0.3, -0.25) is 4.79 Å². The molecule has 7 nitrogen and oxygen atoms in total. The van der Waals surface area contributed by atoms with E-state index in [1.54, 1.807) is 12.1 Å². The minimum Gasteiger partial charge on any atom is -0.481 e. The first-order valence-corrected chi connectivity index (χ1v) is 7.92. The van der Waals surface area contributed by atoms with Crippen molar-refractivity contribution in [2.75, 3.05) is 32.1 Å². The van der Waals surface area contributed by atoms with Crippen LogP contribution in [-0.4, -0.2) is 48.6 Å². The summed E-state index contributed by atoms with van der Waals surface area (Å²) in [5, 5.41) is 5.46. The molecule has 1 fully saturated rings. The molecular formula is C14H19BrN4O3. The van der Waals surface area contributed by atoms with Gasteiger partial charge in [-0.15, -0.1) is 0 Å². The zero-order chi connectivity index (χ0) is 15.9. The van der Waals surface area contributed by atoms with Gasteiger partial charge in [-0.2, -0.15) is 0 Å². The van der Waals surface area contributed by atoms with Gasteiger partial charge in [0, 0.05) is 32.1 Å². The van der Waals surface area contributed by atoms with E-state index in [0.717, 1.165) is 19.4 Å². The van der Waals surface area contributed by atoms with Crippen molar-refractivity contribution in [3.05, 3.63) is 16.7 Å². The summed E-state index contributed by atoms with van der Waals surface area (Å²) >= 11 is 3.27. The number of halogens is 1.